The molecule has 0 amide bonds. The van der Waals surface area contributed by atoms with Crippen molar-refractivity contribution in [1.82, 2.24) is 0 Å². The maximum atomic E-state index is 11.5. The largest absolute Gasteiger partial charge is 0.469 e. The lowest BCUT2D eigenvalue weighted by Crippen LogP contribution is -2.35. The van der Waals surface area contributed by atoms with Gasteiger partial charge in [0.2, 0.25) is 0 Å². The van der Waals surface area contributed by atoms with Crippen LogP contribution in [0, 0.1) is 17.8 Å². The molecule has 0 radical (unpaired) electrons. The molecule has 0 bridgehead atoms. The third kappa shape index (κ3) is 2.67. The molecule has 3 unspecified atom stereocenters. The number of methoxy groups -OCH3 is 1. The van der Waals surface area contributed by atoms with E-state index in [1.165, 1.54) is 7.11 Å². The highest BCUT2D eigenvalue weighted by Gasteiger charge is 2.37. The molecule has 3 nitrogen and oxygen atoms in total. The SMILES string of the molecule is C=CC1CCC(C(C)=O)C(C(=O)OC)C1. The minimum Gasteiger partial charge on any atom is -0.469 e. The average molecular weight is 210 g/mol. The van der Waals surface area contributed by atoms with Crippen LogP contribution in [0.3, 0.4) is 0 Å². The summed E-state index contributed by atoms with van der Waals surface area (Å²) in [7, 11) is 1.37. The summed E-state index contributed by atoms with van der Waals surface area (Å²) in [6.45, 7) is 5.29. The van der Waals surface area contributed by atoms with E-state index in [1.54, 1.807) is 6.92 Å². The number of hydrogen-bond acceptors (Lipinski definition) is 3. The maximum absolute atomic E-state index is 11.5. The Bertz CT molecular complexity index is 270. The molecule has 0 heterocycles. The van der Waals surface area contributed by atoms with Crippen molar-refractivity contribution in [3.05, 3.63) is 12.7 Å². The van der Waals surface area contributed by atoms with Crippen molar-refractivity contribution in [1.29, 1.82) is 0 Å². The van der Waals surface area contributed by atoms with Gasteiger partial charge >= 0.3 is 5.97 Å². The Balaban J connectivity index is 2.77. The molecular formula is C12H18O3. The number of hydrogen-bond donors (Lipinski definition) is 0. The van der Waals surface area contributed by atoms with Crippen LogP contribution < -0.4 is 0 Å². The number of ether oxygens (including phenoxy) is 1. The molecular weight excluding hydrogens is 192 g/mol. The third-order valence-electron chi connectivity index (χ3n) is 3.25. The quantitative estimate of drug-likeness (QED) is 0.528. The standard InChI is InChI=1S/C12H18O3/c1-4-9-5-6-10(8(2)13)11(7-9)12(14)15-3/h4,9-11H,1,5-7H2,2-3H3. The maximum Gasteiger partial charge on any atom is 0.309 e. The Morgan fingerprint density at radius 2 is 2.00 bits per heavy atom. The summed E-state index contributed by atoms with van der Waals surface area (Å²) >= 11 is 0. The lowest BCUT2D eigenvalue weighted by Gasteiger charge is -2.31. The number of esters is 1. The first-order chi connectivity index (χ1) is 7.10. The average Bonchev–Trinajstić information content (AvgIpc) is 2.26. The lowest BCUT2D eigenvalue weighted by atomic mass is 9.72. The molecule has 3 heteroatoms. The fourth-order valence-corrected chi connectivity index (χ4v) is 2.32. The number of Topliss-reactive ketones (excluding diaryl/α,β-unsaturated/α-hetero) is 1. The van der Waals surface area contributed by atoms with Gasteiger partial charge in [-0.05, 0) is 32.1 Å². The smallest absolute Gasteiger partial charge is 0.309 e. The van der Waals surface area contributed by atoms with Gasteiger partial charge in [-0.2, -0.15) is 0 Å². The molecule has 0 aromatic rings. The molecule has 15 heavy (non-hydrogen) atoms. The zero-order valence-electron chi connectivity index (χ0n) is 9.36. The predicted octanol–water partition coefficient (Wildman–Crippen LogP) is 1.97. The fourth-order valence-electron chi connectivity index (χ4n) is 2.32. The Hall–Kier alpha value is -1.12. The number of rotatable bonds is 3. The Labute approximate surface area is 90.5 Å². The highest BCUT2D eigenvalue weighted by atomic mass is 16.5. The van der Waals surface area contributed by atoms with Crippen LogP contribution in [0.25, 0.3) is 0 Å². The molecule has 0 aromatic carbocycles. The van der Waals surface area contributed by atoms with Crippen LogP contribution in [0.2, 0.25) is 0 Å². The highest BCUT2D eigenvalue weighted by molar-refractivity contribution is 5.85. The molecule has 0 aliphatic heterocycles. The molecule has 1 fully saturated rings. The van der Waals surface area contributed by atoms with Gasteiger partial charge in [-0.3, -0.25) is 9.59 Å². The Morgan fingerprint density at radius 3 is 2.47 bits per heavy atom. The van der Waals surface area contributed by atoms with Crippen LogP contribution in [0.5, 0.6) is 0 Å². The first-order valence-electron chi connectivity index (χ1n) is 5.31. The second-order valence-corrected chi connectivity index (χ2v) is 4.16. The number of allylic oxidation sites excluding steroid dienone is 1. The van der Waals surface area contributed by atoms with Gasteiger partial charge in [0.05, 0.1) is 13.0 Å². The van der Waals surface area contributed by atoms with Gasteiger partial charge < -0.3 is 4.74 Å². The second kappa shape index (κ2) is 5.10. The van der Waals surface area contributed by atoms with E-state index in [0.29, 0.717) is 12.3 Å². The van der Waals surface area contributed by atoms with Crippen LogP contribution in [0.15, 0.2) is 12.7 Å². The van der Waals surface area contributed by atoms with E-state index in [9.17, 15) is 9.59 Å². The van der Waals surface area contributed by atoms with Gasteiger partial charge in [-0.1, -0.05) is 6.08 Å². The second-order valence-electron chi connectivity index (χ2n) is 4.16. The first-order valence-corrected chi connectivity index (χ1v) is 5.31. The lowest BCUT2D eigenvalue weighted by molar-refractivity contribution is -0.151. The fraction of sp³-hybridized carbons (Fsp3) is 0.667. The van der Waals surface area contributed by atoms with Crippen molar-refractivity contribution in [2.75, 3.05) is 7.11 Å². The van der Waals surface area contributed by atoms with E-state index >= 15 is 0 Å². The van der Waals surface area contributed by atoms with Gasteiger partial charge in [0.1, 0.15) is 5.78 Å². The van der Waals surface area contributed by atoms with Crippen LogP contribution in [0.4, 0.5) is 0 Å². The van der Waals surface area contributed by atoms with Crippen LogP contribution in [-0.2, 0) is 14.3 Å². The van der Waals surface area contributed by atoms with E-state index in [1.807, 2.05) is 6.08 Å². The molecule has 1 saturated carbocycles. The van der Waals surface area contributed by atoms with E-state index in [0.717, 1.165) is 12.8 Å². The summed E-state index contributed by atoms with van der Waals surface area (Å²) in [6, 6.07) is 0. The van der Waals surface area contributed by atoms with Crippen molar-refractivity contribution >= 4 is 11.8 Å². The summed E-state index contributed by atoms with van der Waals surface area (Å²) < 4.78 is 4.74. The van der Waals surface area contributed by atoms with Crippen molar-refractivity contribution in [2.24, 2.45) is 17.8 Å². The highest BCUT2D eigenvalue weighted by Crippen LogP contribution is 2.35. The van der Waals surface area contributed by atoms with Crippen molar-refractivity contribution in [3.63, 3.8) is 0 Å². The summed E-state index contributed by atoms with van der Waals surface area (Å²) in [5.74, 6) is -0.266. The topological polar surface area (TPSA) is 43.4 Å². The Kier molecular flexibility index (Phi) is 4.06. The van der Waals surface area contributed by atoms with E-state index in [2.05, 4.69) is 6.58 Å². The molecule has 0 saturated heterocycles. The van der Waals surface area contributed by atoms with E-state index < -0.39 is 0 Å². The Morgan fingerprint density at radius 1 is 1.33 bits per heavy atom. The molecule has 0 N–H and O–H groups in total. The zero-order chi connectivity index (χ0) is 11.4. The van der Waals surface area contributed by atoms with Gasteiger partial charge in [0.15, 0.2) is 0 Å². The van der Waals surface area contributed by atoms with Gasteiger partial charge in [-0.15, -0.1) is 6.58 Å². The van der Waals surface area contributed by atoms with E-state index in [-0.39, 0.29) is 23.6 Å². The van der Waals surface area contributed by atoms with Crippen molar-refractivity contribution < 1.29 is 14.3 Å². The molecule has 1 aliphatic carbocycles. The summed E-state index contributed by atoms with van der Waals surface area (Å²) in [5.41, 5.74) is 0. The van der Waals surface area contributed by atoms with Gasteiger partial charge in [0, 0.05) is 5.92 Å². The predicted molar refractivity (Wildman–Crippen MR) is 57.2 cm³/mol. The summed E-state index contributed by atoms with van der Waals surface area (Å²) in [5, 5.41) is 0. The normalized spacial score (nSPS) is 30.7. The number of ketones is 1. The molecule has 1 rings (SSSR count). The minimum atomic E-state index is -0.274. The molecule has 0 aromatic heterocycles. The number of carbonyl (C=O) groups excluding carboxylic acids is 2. The molecule has 1 aliphatic rings. The monoisotopic (exact) mass is 210 g/mol. The van der Waals surface area contributed by atoms with Crippen LogP contribution >= 0.6 is 0 Å². The third-order valence-corrected chi connectivity index (χ3v) is 3.25. The zero-order valence-corrected chi connectivity index (χ0v) is 9.36. The van der Waals surface area contributed by atoms with Crippen molar-refractivity contribution in [2.45, 2.75) is 26.2 Å². The van der Waals surface area contributed by atoms with Crippen LogP contribution in [-0.4, -0.2) is 18.9 Å². The summed E-state index contributed by atoms with van der Waals surface area (Å²) in [4.78, 5) is 22.9. The molecule has 3 atom stereocenters. The molecule has 84 valence electrons. The first kappa shape index (κ1) is 12.0. The van der Waals surface area contributed by atoms with Crippen molar-refractivity contribution in [3.8, 4) is 0 Å². The molecule has 0 spiro atoms. The van der Waals surface area contributed by atoms with Crippen LogP contribution in [0.1, 0.15) is 26.2 Å². The minimum absolute atomic E-state index is 0.0907. The number of carbonyl (C=O) groups is 2. The van der Waals surface area contributed by atoms with Gasteiger partial charge in [-0.25, -0.2) is 0 Å². The van der Waals surface area contributed by atoms with E-state index in [4.69, 9.17) is 4.74 Å². The summed E-state index contributed by atoms with van der Waals surface area (Å²) in [6.07, 6.45) is 4.28. The van der Waals surface area contributed by atoms with Gasteiger partial charge in [0.25, 0.3) is 0 Å².